The van der Waals surface area contributed by atoms with Crippen molar-refractivity contribution in [3.8, 4) is 0 Å². The number of nitrogens with zero attached hydrogens (tertiary/aromatic N) is 2. The van der Waals surface area contributed by atoms with Gasteiger partial charge in [0.15, 0.2) is 0 Å². The zero-order valence-electron chi connectivity index (χ0n) is 10.4. The van der Waals surface area contributed by atoms with Crippen molar-refractivity contribution in [2.24, 2.45) is 0 Å². The molecule has 1 aromatic rings. The zero-order valence-corrected chi connectivity index (χ0v) is 12.0. The van der Waals surface area contributed by atoms with Crippen molar-refractivity contribution in [1.82, 2.24) is 9.88 Å². The van der Waals surface area contributed by atoms with Gasteiger partial charge in [-0.05, 0) is 47.3 Å². The van der Waals surface area contributed by atoms with Crippen molar-refractivity contribution in [1.29, 1.82) is 0 Å². The van der Waals surface area contributed by atoms with E-state index in [1.807, 2.05) is 6.07 Å². The minimum absolute atomic E-state index is 0.0725. The van der Waals surface area contributed by atoms with E-state index in [2.05, 4.69) is 20.9 Å². The average Bonchev–Trinajstić information content (AvgIpc) is 2.39. The molecule has 1 unspecified atom stereocenters. The minimum atomic E-state index is -0.0725. The van der Waals surface area contributed by atoms with E-state index < -0.39 is 0 Å². The quantitative estimate of drug-likeness (QED) is 0.861. The maximum atomic E-state index is 12.2. The van der Waals surface area contributed by atoms with Crippen molar-refractivity contribution < 1.29 is 9.53 Å². The maximum absolute atomic E-state index is 12.2. The van der Waals surface area contributed by atoms with Crippen LogP contribution in [0, 0.1) is 0 Å². The molecule has 2 heterocycles. The Balaban J connectivity index is 1.98. The third-order valence-corrected chi connectivity index (χ3v) is 3.70. The monoisotopic (exact) mass is 312 g/mol. The number of rotatable bonds is 3. The molecule has 2 rings (SSSR count). The fraction of sp³-hybridized carbons (Fsp3) is 0.538. The van der Waals surface area contributed by atoms with Gasteiger partial charge in [-0.1, -0.05) is 0 Å². The highest BCUT2D eigenvalue weighted by Crippen LogP contribution is 2.17. The topological polar surface area (TPSA) is 42.4 Å². The summed E-state index contributed by atoms with van der Waals surface area (Å²) >= 11 is 3.35. The van der Waals surface area contributed by atoms with Gasteiger partial charge in [-0.2, -0.15) is 0 Å². The van der Waals surface area contributed by atoms with E-state index in [9.17, 15) is 4.79 Å². The van der Waals surface area contributed by atoms with E-state index in [1.54, 1.807) is 24.2 Å². The standard InChI is InChI=1S/C13H17BrN2O2/c1-16(9-10-5-2-3-8-18-10)13(17)12-11(14)6-4-7-15-12/h4,6-7,10H,2-3,5,8-9H2,1H3. The van der Waals surface area contributed by atoms with E-state index in [4.69, 9.17) is 4.74 Å². The number of hydrogen-bond donors (Lipinski definition) is 0. The van der Waals surface area contributed by atoms with Crippen LogP contribution in [0.15, 0.2) is 22.8 Å². The van der Waals surface area contributed by atoms with Crippen molar-refractivity contribution >= 4 is 21.8 Å². The Labute approximate surface area is 115 Å². The second-order valence-corrected chi connectivity index (χ2v) is 5.36. The normalized spacial score (nSPS) is 19.6. The first-order valence-electron chi connectivity index (χ1n) is 6.16. The summed E-state index contributed by atoms with van der Waals surface area (Å²) in [7, 11) is 1.79. The van der Waals surface area contributed by atoms with Gasteiger partial charge in [0.1, 0.15) is 5.69 Å². The molecule has 0 saturated carbocycles. The molecule has 0 spiro atoms. The molecule has 18 heavy (non-hydrogen) atoms. The number of pyridine rings is 1. The van der Waals surface area contributed by atoms with Gasteiger partial charge >= 0.3 is 0 Å². The zero-order chi connectivity index (χ0) is 13.0. The lowest BCUT2D eigenvalue weighted by Crippen LogP contribution is -2.37. The fourth-order valence-corrected chi connectivity index (χ4v) is 2.49. The molecule has 0 aromatic carbocycles. The third kappa shape index (κ3) is 3.29. The summed E-state index contributed by atoms with van der Waals surface area (Å²) < 4.78 is 6.37. The van der Waals surface area contributed by atoms with Gasteiger partial charge in [-0.3, -0.25) is 4.79 Å². The third-order valence-electron chi connectivity index (χ3n) is 3.06. The first-order valence-corrected chi connectivity index (χ1v) is 6.95. The molecule has 0 aliphatic carbocycles. The van der Waals surface area contributed by atoms with Crippen LogP contribution in [-0.2, 0) is 4.74 Å². The molecule has 1 aliphatic rings. The number of carbonyl (C=O) groups excluding carboxylic acids is 1. The summed E-state index contributed by atoms with van der Waals surface area (Å²) in [6.45, 7) is 1.43. The summed E-state index contributed by atoms with van der Waals surface area (Å²) in [5, 5.41) is 0. The van der Waals surface area contributed by atoms with Crippen LogP contribution < -0.4 is 0 Å². The lowest BCUT2D eigenvalue weighted by molar-refractivity contribution is -0.000308. The largest absolute Gasteiger partial charge is 0.376 e. The van der Waals surface area contributed by atoms with Crippen LogP contribution in [0.1, 0.15) is 29.8 Å². The molecule has 1 amide bonds. The van der Waals surface area contributed by atoms with Crippen LogP contribution in [-0.4, -0.2) is 42.1 Å². The maximum Gasteiger partial charge on any atom is 0.273 e. The van der Waals surface area contributed by atoms with Crippen LogP contribution in [0.3, 0.4) is 0 Å². The summed E-state index contributed by atoms with van der Waals surface area (Å²) in [5.74, 6) is -0.0725. The van der Waals surface area contributed by atoms with E-state index in [1.165, 1.54) is 6.42 Å². The number of carbonyl (C=O) groups is 1. The Kier molecular flexibility index (Phi) is 4.72. The average molecular weight is 313 g/mol. The summed E-state index contributed by atoms with van der Waals surface area (Å²) in [5.41, 5.74) is 0.454. The van der Waals surface area contributed by atoms with Gasteiger partial charge in [0.2, 0.25) is 0 Å². The smallest absolute Gasteiger partial charge is 0.273 e. The van der Waals surface area contributed by atoms with Gasteiger partial charge in [-0.25, -0.2) is 4.98 Å². The summed E-state index contributed by atoms with van der Waals surface area (Å²) in [6.07, 6.45) is 5.12. The van der Waals surface area contributed by atoms with E-state index in [0.717, 1.165) is 23.9 Å². The highest BCUT2D eigenvalue weighted by atomic mass is 79.9. The predicted octanol–water partition coefficient (Wildman–Crippen LogP) is 2.49. The lowest BCUT2D eigenvalue weighted by Gasteiger charge is -2.27. The Morgan fingerprint density at radius 2 is 2.44 bits per heavy atom. The predicted molar refractivity (Wildman–Crippen MR) is 72.5 cm³/mol. The molecule has 0 bridgehead atoms. The molecular formula is C13H17BrN2O2. The van der Waals surface area contributed by atoms with Crippen LogP contribution in [0.25, 0.3) is 0 Å². The molecule has 4 nitrogen and oxygen atoms in total. The van der Waals surface area contributed by atoms with Crippen molar-refractivity contribution in [2.45, 2.75) is 25.4 Å². The van der Waals surface area contributed by atoms with Crippen molar-refractivity contribution in [3.63, 3.8) is 0 Å². The highest BCUT2D eigenvalue weighted by molar-refractivity contribution is 9.10. The van der Waals surface area contributed by atoms with Crippen LogP contribution in [0.2, 0.25) is 0 Å². The Hall–Kier alpha value is -0.940. The molecule has 0 N–H and O–H groups in total. The van der Waals surface area contributed by atoms with Crippen LogP contribution in [0.5, 0.6) is 0 Å². The van der Waals surface area contributed by atoms with Gasteiger partial charge in [0, 0.05) is 30.9 Å². The van der Waals surface area contributed by atoms with Crippen LogP contribution >= 0.6 is 15.9 Å². The van der Waals surface area contributed by atoms with Gasteiger partial charge in [-0.15, -0.1) is 0 Å². The number of aromatic nitrogens is 1. The molecular weight excluding hydrogens is 296 g/mol. The van der Waals surface area contributed by atoms with E-state index in [-0.39, 0.29) is 12.0 Å². The fourth-order valence-electron chi connectivity index (χ4n) is 2.06. The second kappa shape index (κ2) is 6.29. The van der Waals surface area contributed by atoms with E-state index >= 15 is 0 Å². The second-order valence-electron chi connectivity index (χ2n) is 4.51. The number of hydrogen-bond acceptors (Lipinski definition) is 3. The minimum Gasteiger partial charge on any atom is -0.376 e. The Bertz CT molecular complexity index is 419. The summed E-state index contributed by atoms with van der Waals surface area (Å²) in [4.78, 5) is 18.0. The van der Waals surface area contributed by atoms with E-state index in [0.29, 0.717) is 12.2 Å². The molecule has 1 fully saturated rings. The van der Waals surface area contributed by atoms with Gasteiger partial charge in [0.05, 0.1) is 6.10 Å². The van der Waals surface area contributed by atoms with Gasteiger partial charge < -0.3 is 9.64 Å². The summed E-state index contributed by atoms with van der Waals surface area (Å²) in [6, 6.07) is 3.62. The SMILES string of the molecule is CN(CC1CCCCO1)C(=O)c1ncccc1Br. The van der Waals surface area contributed by atoms with Crippen molar-refractivity contribution in [2.75, 3.05) is 20.2 Å². The number of halogens is 1. The molecule has 1 saturated heterocycles. The lowest BCUT2D eigenvalue weighted by atomic mass is 10.1. The Morgan fingerprint density at radius 1 is 1.61 bits per heavy atom. The molecule has 98 valence electrons. The highest BCUT2D eigenvalue weighted by Gasteiger charge is 2.21. The molecule has 1 aromatic heterocycles. The molecule has 5 heteroatoms. The molecule has 0 radical (unpaired) electrons. The number of likely N-dealkylation sites (N-methyl/N-ethyl adjacent to an activating group) is 1. The Morgan fingerprint density at radius 3 is 3.11 bits per heavy atom. The van der Waals surface area contributed by atoms with Crippen LogP contribution in [0.4, 0.5) is 0 Å². The number of ether oxygens (including phenoxy) is 1. The first-order chi connectivity index (χ1) is 8.68. The molecule has 1 atom stereocenters. The first kappa shape index (κ1) is 13.5. The molecule has 1 aliphatic heterocycles. The van der Waals surface area contributed by atoms with Crippen molar-refractivity contribution in [3.05, 3.63) is 28.5 Å². The van der Waals surface area contributed by atoms with Gasteiger partial charge in [0.25, 0.3) is 5.91 Å². The number of amides is 1.